The van der Waals surface area contributed by atoms with Crippen LogP contribution in [0.4, 0.5) is 0 Å². The van der Waals surface area contributed by atoms with Crippen LogP contribution in [0.25, 0.3) is 0 Å². The number of hydrogen-bond donors (Lipinski definition) is 1. The number of rotatable bonds is 3. The lowest BCUT2D eigenvalue weighted by molar-refractivity contribution is 0.204. The van der Waals surface area contributed by atoms with E-state index in [1.54, 1.807) is 0 Å². The van der Waals surface area contributed by atoms with E-state index in [0.717, 1.165) is 31.3 Å². The van der Waals surface area contributed by atoms with Crippen LogP contribution in [0.3, 0.4) is 0 Å². The average molecular weight is 209 g/mol. The molecule has 0 aromatic rings. The van der Waals surface area contributed by atoms with E-state index in [1.807, 2.05) is 0 Å². The Morgan fingerprint density at radius 3 is 2.60 bits per heavy atom. The Morgan fingerprint density at radius 2 is 2.00 bits per heavy atom. The smallest absolute Gasteiger partial charge is 0.0958 e. The molecule has 2 aliphatic rings. The molecule has 2 rings (SSSR count). The molecule has 2 fully saturated rings. The van der Waals surface area contributed by atoms with Gasteiger partial charge in [0.2, 0.25) is 0 Å². The van der Waals surface area contributed by atoms with Crippen molar-refractivity contribution in [1.82, 2.24) is 9.80 Å². The number of piperidine rings is 1. The first kappa shape index (κ1) is 10.9. The second kappa shape index (κ2) is 4.97. The van der Waals surface area contributed by atoms with Crippen LogP contribution in [0.2, 0.25) is 0 Å². The molecule has 0 bridgehead atoms. The van der Waals surface area contributed by atoms with Crippen molar-refractivity contribution >= 4 is 5.84 Å². The standard InChI is InChI=1S/C12H23N3/c1-14-8-4-11(5-9-14)6-10-15-7-2-3-12(15)13/h11,13H,2-10H2,1H3. The van der Waals surface area contributed by atoms with Gasteiger partial charge in [-0.3, -0.25) is 5.41 Å². The van der Waals surface area contributed by atoms with Gasteiger partial charge >= 0.3 is 0 Å². The van der Waals surface area contributed by atoms with Crippen molar-refractivity contribution in [2.75, 3.05) is 33.2 Å². The predicted octanol–water partition coefficient (Wildman–Crippen LogP) is 1.79. The topological polar surface area (TPSA) is 30.3 Å². The van der Waals surface area contributed by atoms with Gasteiger partial charge in [-0.25, -0.2) is 0 Å². The van der Waals surface area contributed by atoms with E-state index in [0.29, 0.717) is 0 Å². The van der Waals surface area contributed by atoms with E-state index < -0.39 is 0 Å². The molecule has 0 aromatic heterocycles. The molecule has 1 N–H and O–H groups in total. The van der Waals surface area contributed by atoms with E-state index in [1.165, 1.54) is 38.8 Å². The highest BCUT2D eigenvalue weighted by molar-refractivity contribution is 5.80. The highest BCUT2D eigenvalue weighted by Crippen LogP contribution is 2.21. The fourth-order valence-electron chi connectivity index (χ4n) is 2.67. The van der Waals surface area contributed by atoms with Crippen molar-refractivity contribution in [1.29, 1.82) is 5.41 Å². The average Bonchev–Trinajstić information content (AvgIpc) is 2.63. The lowest BCUT2D eigenvalue weighted by Gasteiger charge is -2.30. The minimum absolute atomic E-state index is 0.878. The highest BCUT2D eigenvalue weighted by atomic mass is 15.2. The number of likely N-dealkylation sites (tertiary alicyclic amines) is 2. The van der Waals surface area contributed by atoms with Crippen molar-refractivity contribution in [3.05, 3.63) is 0 Å². The lowest BCUT2D eigenvalue weighted by Crippen LogP contribution is -2.33. The van der Waals surface area contributed by atoms with E-state index in [2.05, 4.69) is 16.8 Å². The highest BCUT2D eigenvalue weighted by Gasteiger charge is 2.20. The quantitative estimate of drug-likeness (QED) is 0.768. The van der Waals surface area contributed by atoms with Gasteiger partial charge in [-0.2, -0.15) is 0 Å². The van der Waals surface area contributed by atoms with Gasteiger partial charge in [-0.15, -0.1) is 0 Å². The molecule has 0 amide bonds. The summed E-state index contributed by atoms with van der Waals surface area (Å²) < 4.78 is 0. The summed E-state index contributed by atoms with van der Waals surface area (Å²) in [5.41, 5.74) is 0. The van der Waals surface area contributed by atoms with Gasteiger partial charge < -0.3 is 9.80 Å². The Bertz CT molecular complexity index is 219. The van der Waals surface area contributed by atoms with Crippen LogP contribution < -0.4 is 0 Å². The van der Waals surface area contributed by atoms with Crippen LogP contribution in [-0.4, -0.2) is 48.9 Å². The maximum atomic E-state index is 7.77. The zero-order chi connectivity index (χ0) is 10.7. The molecule has 0 radical (unpaired) electrons. The van der Waals surface area contributed by atoms with Gasteiger partial charge in [0.25, 0.3) is 0 Å². The SMILES string of the molecule is CN1CCC(CCN2CCCC2=N)CC1. The summed E-state index contributed by atoms with van der Waals surface area (Å²) in [7, 11) is 2.21. The van der Waals surface area contributed by atoms with E-state index in [4.69, 9.17) is 5.41 Å². The Hall–Kier alpha value is -0.570. The first-order chi connectivity index (χ1) is 7.25. The molecular weight excluding hydrogens is 186 g/mol. The number of amidine groups is 1. The minimum atomic E-state index is 0.878. The Kier molecular flexibility index (Phi) is 3.62. The van der Waals surface area contributed by atoms with Crippen molar-refractivity contribution in [2.45, 2.75) is 32.1 Å². The van der Waals surface area contributed by atoms with E-state index in [-0.39, 0.29) is 0 Å². The third kappa shape index (κ3) is 2.94. The molecule has 86 valence electrons. The number of nitrogens with one attached hydrogen (secondary N) is 1. The van der Waals surface area contributed by atoms with Crippen molar-refractivity contribution in [3.8, 4) is 0 Å². The second-order valence-corrected chi connectivity index (χ2v) is 5.07. The summed E-state index contributed by atoms with van der Waals surface area (Å²) in [6, 6.07) is 0. The maximum absolute atomic E-state index is 7.77. The summed E-state index contributed by atoms with van der Waals surface area (Å²) >= 11 is 0. The van der Waals surface area contributed by atoms with Crippen LogP contribution in [-0.2, 0) is 0 Å². The van der Waals surface area contributed by atoms with E-state index in [9.17, 15) is 0 Å². The van der Waals surface area contributed by atoms with Crippen LogP contribution in [0.1, 0.15) is 32.1 Å². The van der Waals surface area contributed by atoms with Gasteiger partial charge in [-0.05, 0) is 51.7 Å². The second-order valence-electron chi connectivity index (χ2n) is 5.07. The van der Waals surface area contributed by atoms with Crippen LogP contribution >= 0.6 is 0 Å². The van der Waals surface area contributed by atoms with Gasteiger partial charge in [0, 0.05) is 19.5 Å². The minimum Gasteiger partial charge on any atom is -0.361 e. The van der Waals surface area contributed by atoms with Gasteiger partial charge in [0.1, 0.15) is 0 Å². The molecule has 2 heterocycles. The molecule has 3 nitrogen and oxygen atoms in total. The normalized spacial score (nSPS) is 25.1. The molecule has 0 unspecified atom stereocenters. The van der Waals surface area contributed by atoms with Crippen LogP contribution in [0.5, 0.6) is 0 Å². The van der Waals surface area contributed by atoms with Crippen molar-refractivity contribution in [3.63, 3.8) is 0 Å². The molecule has 0 spiro atoms. The molecule has 0 atom stereocenters. The van der Waals surface area contributed by atoms with Crippen LogP contribution in [0, 0.1) is 11.3 Å². The van der Waals surface area contributed by atoms with Crippen molar-refractivity contribution < 1.29 is 0 Å². The predicted molar refractivity (Wildman–Crippen MR) is 63.4 cm³/mol. The van der Waals surface area contributed by atoms with Gasteiger partial charge in [-0.1, -0.05) is 0 Å². The number of hydrogen-bond acceptors (Lipinski definition) is 2. The number of nitrogens with zero attached hydrogens (tertiary/aromatic N) is 2. The summed E-state index contributed by atoms with van der Waals surface area (Å²) in [6.45, 7) is 4.79. The van der Waals surface area contributed by atoms with E-state index >= 15 is 0 Å². The Morgan fingerprint density at radius 1 is 1.27 bits per heavy atom. The fraction of sp³-hybridized carbons (Fsp3) is 0.917. The summed E-state index contributed by atoms with van der Waals surface area (Å²) in [5.74, 6) is 1.79. The maximum Gasteiger partial charge on any atom is 0.0958 e. The molecular formula is C12H23N3. The molecule has 0 saturated carbocycles. The third-order valence-corrected chi connectivity index (χ3v) is 3.87. The largest absolute Gasteiger partial charge is 0.361 e. The first-order valence-electron chi connectivity index (χ1n) is 6.26. The van der Waals surface area contributed by atoms with Gasteiger partial charge in [0.15, 0.2) is 0 Å². The molecule has 15 heavy (non-hydrogen) atoms. The molecule has 2 saturated heterocycles. The molecule has 3 heteroatoms. The Labute approximate surface area is 92.9 Å². The molecule has 0 aromatic carbocycles. The van der Waals surface area contributed by atoms with Crippen molar-refractivity contribution in [2.24, 2.45) is 5.92 Å². The van der Waals surface area contributed by atoms with Gasteiger partial charge in [0.05, 0.1) is 5.84 Å². The molecule has 0 aliphatic carbocycles. The first-order valence-corrected chi connectivity index (χ1v) is 6.26. The van der Waals surface area contributed by atoms with Crippen LogP contribution in [0.15, 0.2) is 0 Å². The molecule has 2 aliphatic heterocycles. The Balaban J connectivity index is 1.67. The summed E-state index contributed by atoms with van der Waals surface area (Å²) in [4.78, 5) is 4.70. The lowest BCUT2D eigenvalue weighted by atomic mass is 9.94. The zero-order valence-electron chi connectivity index (χ0n) is 9.84. The monoisotopic (exact) mass is 209 g/mol. The zero-order valence-corrected chi connectivity index (χ0v) is 9.84. The fourth-order valence-corrected chi connectivity index (χ4v) is 2.67. The third-order valence-electron chi connectivity index (χ3n) is 3.87. The summed E-state index contributed by atoms with van der Waals surface area (Å²) in [5, 5.41) is 7.77. The summed E-state index contributed by atoms with van der Waals surface area (Å²) in [6.07, 6.45) is 6.23.